The van der Waals surface area contributed by atoms with E-state index < -0.39 is 11.6 Å². The molecule has 1 fully saturated rings. The van der Waals surface area contributed by atoms with Crippen molar-refractivity contribution in [2.24, 2.45) is 0 Å². The summed E-state index contributed by atoms with van der Waals surface area (Å²) >= 11 is 0. The average molecular weight is 371 g/mol. The zero-order valence-corrected chi connectivity index (χ0v) is 15.1. The highest BCUT2D eigenvalue weighted by Gasteiger charge is 2.37. The number of amides is 1. The lowest BCUT2D eigenvalue weighted by molar-refractivity contribution is -0.122. The zero-order chi connectivity index (χ0) is 18.9. The summed E-state index contributed by atoms with van der Waals surface area (Å²) in [6, 6.07) is 11.7. The van der Waals surface area contributed by atoms with Crippen LogP contribution in [-0.4, -0.2) is 29.4 Å². The molecule has 2 heterocycles. The van der Waals surface area contributed by atoms with Crippen LogP contribution in [-0.2, 0) is 17.9 Å². The number of benzene rings is 2. The van der Waals surface area contributed by atoms with E-state index in [2.05, 4.69) is 21.6 Å². The number of piperidine rings is 1. The number of nitrogens with zero attached hydrogens (tertiary/aromatic N) is 1. The molecular weight excluding hydrogens is 348 g/mol. The van der Waals surface area contributed by atoms with Crippen LogP contribution in [0.25, 0.3) is 0 Å². The second-order valence-corrected chi connectivity index (χ2v) is 7.57. The lowest BCUT2D eigenvalue weighted by Crippen LogP contribution is -2.52. The first-order valence-electron chi connectivity index (χ1n) is 9.32. The molecule has 1 saturated heterocycles. The van der Waals surface area contributed by atoms with Crippen molar-refractivity contribution < 1.29 is 13.6 Å². The SMILES string of the molecule is O=C1CC2(CCN(Cc3cc(F)cc(F)c3)CC2)Nc2ccccc2CN1. The second-order valence-electron chi connectivity index (χ2n) is 7.57. The van der Waals surface area contributed by atoms with Crippen molar-refractivity contribution in [3.05, 3.63) is 65.2 Å². The molecule has 2 aliphatic rings. The number of anilines is 1. The third kappa shape index (κ3) is 4.11. The van der Waals surface area contributed by atoms with Gasteiger partial charge in [0, 0.05) is 49.9 Å². The fourth-order valence-corrected chi connectivity index (χ4v) is 4.09. The molecule has 0 saturated carbocycles. The Morgan fingerprint density at radius 2 is 1.74 bits per heavy atom. The lowest BCUT2D eigenvalue weighted by atomic mass is 9.82. The molecule has 4 rings (SSSR count). The minimum atomic E-state index is -0.548. The van der Waals surface area contributed by atoms with Gasteiger partial charge in [-0.25, -0.2) is 8.78 Å². The summed E-state index contributed by atoms with van der Waals surface area (Å²) in [5, 5.41) is 6.64. The Balaban J connectivity index is 1.47. The molecule has 4 nitrogen and oxygen atoms in total. The van der Waals surface area contributed by atoms with E-state index in [0.29, 0.717) is 25.1 Å². The highest BCUT2D eigenvalue weighted by atomic mass is 19.1. The number of likely N-dealkylation sites (tertiary alicyclic amines) is 1. The quantitative estimate of drug-likeness (QED) is 0.850. The summed E-state index contributed by atoms with van der Waals surface area (Å²) in [6.07, 6.45) is 2.03. The van der Waals surface area contributed by atoms with Gasteiger partial charge in [-0.15, -0.1) is 0 Å². The monoisotopic (exact) mass is 371 g/mol. The van der Waals surface area contributed by atoms with Crippen LogP contribution in [0.1, 0.15) is 30.4 Å². The number of carbonyl (C=O) groups excluding carboxylic acids is 1. The van der Waals surface area contributed by atoms with Crippen LogP contribution in [0.3, 0.4) is 0 Å². The smallest absolute Gasteiger partial charge is 0.222 e. The Kier molecular flexibility index (Phi) is 4.83. The molecule has 1 amide bonds. The molecule has 142 valence electrons. The summed E-state index contributed by atoms with van der Waals surface area (Å²) in [4.78, 5) is 14.5. The highest BCUT2D eigenvalue weighted by Crippen LogP contribution is 2.33. The van der Waals surface area contributed by atoms with Gasteiger partial charge in [-0.1, -0.05) is 18.2 Å². The fraction of sp³-hybridized carbons (Fsp3) is 0.381. The van der Waals surface area contributed by atoms with E-state index in [4.69, 9.17) is 0 Å². The maximum absolute atomic E-state index is 13.4. The second kappa shape index (κ2) is 7.27. The highest BCUT2D eigenvalue weighted by molar-refractivity contribution is 5.79. The van der Waals surface area contributed by atoms with Crippen molar-refractivity contribution in [2.75, 3.05) is 18.4 Å². The van der Waals surface area contributed by atoms with E-state index in [1.807, 2.05) is 18.2 Å². The molecule has 2 aliphatic heterocycles. The van der Waals surface area contributed by atoms with Gasteiger partial charge in [0.1, 0.15) is 11.6 Å². The molecule has 2 N–H and O–H groups in total. The van der Waals surface area contributed by atoms with Gasteiger partial charge in [-0.2, -0.15) is 0 Å². The van der Waals surface area contributed by atoms with Crippen LogP contribution in [0.4, 0.5) is 14.5 Å². The van der Waals surface area contributed by atoms with Gasteiger partial charge in [0.05, 0.1) is 0 Å². The van der Waals surface area contributed by atoms with Gasteiger partial charge < -0.3 is 10.6 Å². The van der Waals surface area contributed by atoms with Crippen molar-refractivity contribution in [1.29, 1.82) is 0 Å². The standard InChI is InChI=1S/C21H23F2N3O/c22-17-9-15(10-18(23)11-17)14-26-7-5-21(6-8-26)12-20(27)24-13-16-3-1-2-4-19(16)25-21/h1-4,9-11,25H,5-8,12-14H2,(H,24,27). The number of halogens is 2. The van der Waals surface area contributed by atoms with Crippen LogP contribution < -0.4 is 10.6 Å². The molecule has 2 aromatic rings. The van der Waals surface area contributed by atoms with Gasteiger partial charge in [-0.3, -0.25) is 9.69 Å². The maximum atomic E-state index is 13.4. The van der Waals surface area contributed by atoms with Crippen molar-refractivity contribution in [2.45, 2.75) is 37.9 Å². The van der Waals surface area contributed by atoms with E-state index in [-0.39, 0.29) is 11.4 Å². The fourth-order valence-electron chi connectivity index (χ4n) is 4.09. The van der Waals surface area contributed by atoms with Crippen LogP contribution in [0.15, 0.2) is 42.5 Å². The van der Waals surface area contributed by atoms with Crippen molar-refractivity contribution in [3.8, 4) is 0 Å². The molecule has 6 heteroatoms. The topological polar surface area (TPSA) is 44.4 Å². The van der Waals surface area contributed by atoms with Gasteiger partial charge in [-0.05, 0) is 42.2 Å². The van der Waals surface area contributed by atoms with E-state index >= 15 is 0 Å². The van der Waals surface area contributed by atoms with Crippen molar-refractivity contribution >= 4 is 11.6 Å². The Hall–Kier alpha value is -2.47. The minimum Gasteiger partial charge on any atom is -0.379 e. The van der Waals surface area contributed by atoms with Crippen LogP contribution in [0.5, 0.6) is 0 Å². The first kappa shape index (κ1) is 17.9. The average Bonchev–Trinajstić information content (AvgIpc) is 2.61. The summed E-state index contributed by atoms with van der Waals surface area (Å²) in [5.74, 6) is -1.04. The van der Waals surface area contributed by atoms with E-state index in [9.17, 15) is 13.6 Å². The van der Waals surface area contributed by atoms with E-state index in [0.717, 1.165) is 43.2 Å². The molecule has 1 spiro atoms. The Morgan fingerprint density at radius 1 is 1.04 bits per heavy atom. The molecule has 0 unspecified atom stereocenters. The Bertz CT molecular complexity index is 827. The predicted molar refractivity (Wildman–Crippen MR) is 100 cm³/mol. The van der Waals surface area contributed by atoms with Gasteiger partial charge in [0.2, 0.25) is 5.91 Å². The molecule has 0 bridgehead atoms. The molecule has 2 aromatic carbocycles. The number of nitrogens with one attached hydrogen (secondary N) is 2. The minimum absolute atomic E-state index is 0.0534. The van der Waals surface area contributed by atoms with Crippen molar-refractivity contribution in [1.82, 2.24) is 10.2 Å². The number of rotatable bonds is 2. The third-order valence-corrected chi connectivity index (χ3v) is 5.53. The van der Waals surface area contributed by atoms with Gasteiger partial charge in [0.15, 0.2) is 0 Å². The summed E-state index contributed by atoms with van der Waals surface area (Å²) in [6.45, 7) is 2.57. The normalized spacial score (nSPS) is 19.6. The number of fused-ring (bicyclic) bond motifs is 1. The molecule has 0 aromatic heterocycles. The largest absolute Gasteiger partial charge is 0.379 e. The first-order valence-corrected chi connectivity index (χ1v) is 9.32. The third-order valence-electron chi connectivity index (χ3n) is 5.53. The molecule has 27 heavy (non-hydrogen) atoms. The molecule has 0 aliphatic carbocycles. The number of para-hydroxylation sites is 1. The molecular formula is C21H23F2N3O. The Labute approximate surface area is 157 Å². The first-order chi connectivity index (χ1) is 13.0. The number of carbonyl (C=O) groups is 1. The predicted octanol–water partition coefficient (Wildman–Crippen LogP) is 3.43. The summed E-state index contributed by atoms with van der Waals surface area (Å²) in [5.41, 5.74) is 2.50. The lowest BCUT2D eigenvalue weighted by Gasteiger charge is -2.44. The Morgan fingerprint density at radius 3 is 2.48 bits per heavy atom. The van der Waals surface area contributed by atoms with Crippen molar-refractivity contribution in [3.63, 3.8) is 0 Å². The maximum Gasteiger partial charge on any atom is 0.222 e. The van der Waals surface area contributed by atoms with Gasteiger partial charge >= 0.3 is 0 Å². The number of hydrogen-bond donors (Lipinski definition) is 2. The zero-order valence-electron chi connectivity index (χ0n) is 15.1. The van der Waals surface area contributed by atoms with Crippen LogP contribution >= 0.6 is 0 Å². The number of hydrogen-bond acceptors (Lipinski definition) is 3. The van der Waals surface area contributed by atoms with E-state index in [1.54, 1.807) is 0 Å². The van der Waals surface area contributed by atoms with Crippen LogP contribution in [0, 0.1) is 11.6 Å². The van der Waals surface area contributed by atoms with Gasteiger partial charge in [0.25, 0.3) is 0 Å². The van der Waals surface area contributed by atoms with Crippen LogP contribution in [0.2, 0.25) is 0 Å². The summed E-state index contributed by atoms with van der Waals surface area (Å²) in [7, 11) is 0. The molecule has 0 atom stereocenters. The van der Waals surface area contributed by atoms with E-state index in [1.165, 1.54) is 12.1 Å². The summed E-state index contributed by atoms with van der Waals surface area (Å²) < 4.78 is 26.8. The molecule has 0 radical (unpaired) electrons.